The average Bonchev–Trinajstić information content (AvgIpc) is 2.41. The number of benzene rings is 1. The fraction of sp³-hybridized carbons (Fsp3) is 0.533. The number of hydrogen-bond donors (Lipinski definition) is 1. The van der Waals surface area contributed by atoms with Crippen molar-refractivity contribution in [3.8, 4) is 5.75 Å². The summed E-state index contributed by atoms with van der Waals surface area (Å²) >= 11 is 0. The molecule has 1 heterocycles. The number of amides is 1. The number of carbonyl (C=O) groups excluding carboxylic acids is 1. The lowest BCUT2D eigenvalue weighted by Gasteiger charge is -2.42. The molecule has 0 spiro atoms. The molecule has 1 atom stereocenters. The smallest absolute Gasteiger partial charge is 0.254 e. The molecule has 1 aliphatic heterocycles. The van der Waals surface area contributed by atoms with E-state index in [2.05, 4.69) is 13.8 Å². The Bertz CT molecular complexity index is 522. The standard InChI is InChI=1S/C15H21FN2O2.ClH/c1-15(2)9-18(7-6-13(15)17)14(19)10-4-5-11(16)12(8-10)20-3;/h4-5,8,13H,6-7,9,17H2,1-3H3;1H. The molecule has 1 saturated heterocycles. The maximum absolute atomic E-state index is 13.4. The number of methoxy groups -OCH3 is 1. The zero-order chi connectivity index (χ0) is 14.9. The van der Waals surface area contributed by atoms with Crippen molar-refractivity contribution in [2.24, 2.45) is 11.1 Å². The Morgan fingerprint density at radius 1 is 1.48 bits per heavy atom. The number of ether oxygens (including phenoxy) is 1. The maximum Gasteiger partial charge on any atom is 0.254 e. The Hall–Kier alpha value is -1.33. The first-order valence-electron chi connectivity index (χ1n) is 6.73. The third-order valence-corrected chi connectivity index (χ3v) is 4.00. The molecule has 0 aromatic heterocycles. The molecule has 0 bridgehead atoms. The van der Waals surface area contributed by atoms with Crippen LogP contribution in [0.15, 0.2) is 18.2 Å². The van der Waals surface area contributed by atoms with Crippen LogP contribution in [0.2, 0.25) is 0 Å². The highest BCUT2D eigenvalue weighted by Gasteiger charge is 2.35. The van der Waals surface area contributed by atoms with Crippen molar-refractivity contribution in [3.05, 3.63) is 29.6 Å². The van der Waals surface area contributed by atoms with Crippen LogP contribution in [-0.2, 0) is 0 Å². The maximum atomic E-state index is 13.4. The second-order valence-corrected chi connectivity index (χ2v) is 5.96. The minimum atomic E-state index is -0.468. The molecule has 0 radical (unpaired) electrons. The summed E-state index contributed by atoms with van der Waals surface area (Å²) in [5.74, 6) is -0.489. The van der Waals surface area contributed by atoms with Crippen LogP contribution in [0.25, 0.3) is 0 Å². The molecule has 21 heavy (non-hydrogen) atoms. The molecule has 1 fully saturated rings. The van der Waals surface area contributed by atoms with Gasteiger partial charge in [-0.2, -0.15) is 0 Å². The van der Waals surface area contributed by atoms with Gasteiger partial charge in [0.05, 0.1) is 7.11 Å². The van der Waals surface area contributed by atoms with Crippen LogP contribution in [0.1, 0.15) is 30.6 Å². The molecule has 0 saturated carbocycles. The van der Waals surface area contributed by atoms with E-state index in [0.717, 1.165) is 6.42 Å². The minimum absolute atomic E-state index is 0. The van der Waals surface area contributed by atoms with Gasteiger partial charge < -0.3 is 15.4 Å². The van der Waals surface area contributed by atoms with Gasteiger partial charge in [-0.05, 0) is 30.0 Å². The first-order valence-corrected chi connectivity index (χ1v) is 6.73. The molecular formula is C15H22ClFN2O2. The topological polar surface area (TPSA) is 55.6 Å². The van der Waals surface area contributed by atoms with Gasteiger partial charge in [-0.1, -0.05) is 13.8 Å². The first-order chi connectivity index (χ1) is 9.35. The van der Waals surface area contributed by atoms with E-state index in [9.17, 15) is 9.18 Å². The highest BCUT2D eigenvalue weighted by atomic mass is 35.5. The van der Waals surface area contributed by atoms with E-state index in [4.69, 9.17) is 10.5 Å². The lowest BCUT2D eigenvalue weighted by atomic mass is 9.79. The van der Waals surface area contributed by atoms with Gasteiger partial charge >= 0.3 is 0 Å². The molecule has 4 nitrogen and oxygen atoms in total. The van der Waals surface area contributed by atoms with Crippen molar-refractivity contribution in [1.29, 1.82) is 0 Å². The summed E-state index contributed by atoms with van der Waals surface area (Å²) in [4.78, 5) is 14.3. The summed E-state index contributed by atoms with van der Waals surface area (Å²) in [7, 11) is 1.38. The molecular weight excluding hydrogens is 295 g/mol. The van der Waals surface area contributed by atoms with E-state index in [0.29, 0.717) is 18.7 Å². The van der Waals surface area contributed by atoms with Crippen molar-refractivity contribution in [2.45, 2.75) is 26.3 Å². The van der Waals surface area contributed by atoms with Gasteiger partial charge in [-0.25, -0.2) is 4.39 Å². The molecule has 1 aliphatic rings. The SMILES string of the molecule is COc1cc(C(=O)N2CCC(N)C(C)(C)C2)ccc1F.Cl. The highest BCUT2D eigenvalue weighted by molar-refractivity contribution is 5.94. The number of nitrogens with zero attached hydrogens (tertiary/aromatic N) is 1. The lowest BCUT2D eigenvalue weighted by molar-refractivity contribution is 0.0532. The largest absolute Gasteiger partial charge is 0.494 e. The van der Waals surface area contributed by atoms with E-state index < -0.39 is 5.82 Å². The Kier molecular flexibility index (Phi) is 5.59. The number of piperidine rings is 1. The van der Waals surface area contributed by atoms with Crippen molar-refractivity contribution in [1.82, 2.24) is 4.90 Å². The molecule has 1 aromatic rings. The number of hydrogen-bond acceptors (Lipinski definition) is 3. The van der Waals surface area contributed by atoms with Crippen LogP contribution in [0.4, 0.5) is 4.39 Å². The van der Waals surface area contributed by atoms with Crippen molar-refractivity contribution >= 4 is 18.3 Å². The van der Waals surface area contributed by atoms with Crippen LogP contribution in [0.5, 0.6) is 5.75 Å². The number of likely N-dealkylation sites (tertiary alicyclic amines) is 1. The van der Waals surface area contributed by atoms with Gasteiger partial charge in [0, 0.05) is 24.7 Å². The monoisotopic (exact) mass is 316 g/mol. The van der Waals surface area contributed by atoms with Crippen LogP contribution in [-0.4, -0.2) is 37.0 Å². The van der Waals surface area contributed by atoms with E-state index >= 15 is 0 Å². The molecule has 1 amide bonds. The van der Waals surface area contributed by atoms with Crippen molar-refractivity contribution in [2.75, 3.05) is 20.2 Å². The number of halogens is 2. The average molecular weight is 317 g/mol. The predicted molar refractivity (Wildman–Crippen MR) is 82.5 cm³/mol. The van der Waals surface area contributed by atoms with Crippen LogP contribution in [0, 0.1) is 11.2 Å². The summed E-state index contributed by atoms with van der Waals surface area (Å²) < 4.78 is 18.3. The van der Waals surface area contributed by atoms with Gasteiger partial charge in [-0.15, -0.1) is 12.4 Å². The minimum Gasteiger partial charge on any atom is -0.494 e. The Morgan fingerprint density at radius 3 is 2.71 bits per heavy atom. The second-order valence-electron chi connectivity index (χ2n) is 5.96. The third kappa shape index (κ3) is 3.66. The van der Waals surface area contributed by atoms with E-state index in [1.165, 1.54) is 25.3 Å². The summed E-state index contributed by atoms with van der Waals surface area (Å²) in [5, 5.41) is 0. The predicted octanol–water partition coefficient (Wildman–Crippen LogP) is 2.46. The number of rotatable bonds is 2. The zero-order valence-corrected chi connectivity index (χ0v) is 13.4. The summed E-state index contributed by atoms with van der Waals surface area (Å²) in [6.07, 6.45) is 0.775. The Morgan fingerprint density at radius 2 is 2.14 bits per heavy atom. The van der Waals surface area contributed by atoms with Gasteiger partial charge in [0.2, 0.25) is 0 Å². The summed E-state index contributed by atoms with van der Waals surface area (Å²) in [6.45, 7) is 5.35. The van der Waals surface area contributed by atoms with Gasteiger partial charge in [0.15, 0.2) is 11.6 Å². The first kappa shape index (κ1) is 17.7. The molecule has 1 aromatic carbocycles. The van der Waals surface area contributed by atoms with Gasteiger partial charge in [0.25, 0.3) is 5.91 Å². The van der Waals surface area contributed by atoms with Gasteiger partial charge in [0.1, 0.15) is 0 Å². The van der Waals surface area contributed by atoms with Crippen LogP contribution in [0.3, 0.4) is 0 Å². The van der Waals surface area contributed by atoms with Crippen molar-refractivity contribution < 1.29 is 13.9 Å². The summed E-state index contributed by atoms with van der Waals surface area (Å²) in [5.41, 5.74) is 6.40. The molecule has 6 heteroatoms. The quantitative estimate of drug-likeness (QED) is 0.912. The third-order valence-electron chi connectivity index (χ3n) is 4.00. The molecule has 0 aliphatic carbocycles. The van der Waals surface area contributed by atoms with Crippen LogP contribution >= 0.6 is 12.4 Å². The van der Waals surface area contributed by atoms with E-state index in [-0.39, 0.29) is 35.5 Å². The lowest BCUT2D eigenvalue weighted by Crippen LogP contribution is -2.54. The summed E-state index contributed by atoms with van der Waals surface area (Å²) in [6, 6.07) is 4.28. The molecule has 2 N–H and O–H groups in total. The van der Waals surface area contributed by atoms with E-state index in [1.54, 1.807) is 4.90 Å². The van der Waals surface area contributed by atoms with Crippen molar-refractivity contribution in [3.63, 3.8) is 0 Å². The van der Waals surface area contributed by atoms with Gasteiger partial charge in [-0.3, -0.25) is 4.79 Å². The fourth-order valence-electron chi connectivity index (χ4n) is 2.52. The second kappa shape index (κ2) is 6.62. The Labute approximate surface area is 130 Å². The van der Waals surface area contributed by atoms with Crippen LogP contribution < -0.4 is 10.5 Å². The molecule has 118 valence electrons. The Balaban J connectivity index is 0.00000220. The number of carbonyl (C=O) groups is 1. The normalized spacial score (nSPS) is 20.6. The number of nitrogens with two attached hydrogens (primary N) is 1. The molecule has 2 rings (SSSR count). The fourth-order valence-corrected chi connectivity index (χ4v) is 2.52. The molecule has 1 unspecified atom stereocenters. The highest BCUT2D eigenvalue weighted by Crippen LogP contribution is 2.29. The zero-order valence-electron chi connectivity index (χ0n) is 12.6. The van der Waals surface area contributed by atoms with E-state index in [1.807, 2.05) is 0 Å².